The summed E-state index contributed by atoms with van der Waals surface area (Å²) in [6.07, 6.45) is 4.48. The van der Waals surface area contributed by atoms with Crippen LogP contribution in [-0.4, -0.2) is 25.1 Å². The van der Waals surface area contributed by atoms with E-state index >= 15 is 0 Å². The van der Waals surface area contributed by atoms with Crippen LogP contribution in [-0.2, 0) is 17.8 Å². The Labute approximate surface area is 130 Å². The molecule has 1 N–H and O–H groups in total. The Balaban J connectivity index is 1.85. The van der Waals surface area contributed by atoms with Gasteiger partial charge in [0.2, 0.25) is 5.91 Å². The van der Waals surface area contributed by atoms with Gasteiger partial charge in [0.05, 0.1) is 14.2 Å². The zero-order valence-corrected chi connectivity index (χ0v) is 12.8. The van der Waals surface area contributed by atoms with E-state index in [2.05, 4.69) is 10.3 Å². The van der Waals surface area contributed by atoms with Gasteiger partial charge in [0, 0.05) is 31.4 Å². The molecule has 1 heterocycles. The van der Waals surface area contributed by atoms with E-state index in [1.54, 1.807) is 26.6 Å². The number of hydrogen-bond acceptors (Lipinski definition) is 4. The number of nitrogens with zero attached hydrogens (tertiary/aromatic N) is 1. The van der Waals surface area contributed by atoms with E-state index in [1.165, 1.54) is 0 Å². The molecule has 0 aliphatic carbocycles. The van der Waals surface area contributed by atoms with E-state index < -0.39 is 0 Å². The number of hydrogen-bond donors (Lipinski definition) is 1. The molecular weight excluding hydrogens is 280 g/mol. The number of amides is 1. The number of nitrogens with one attached hydrogen (secondary N) is 1. The molecule has 0 radical (unpaired) electrons. The number of carbonyl (C=O) groups is 1. The number of ether oxygens (including phenoxy) is 2. The molecule has 1 amide bonds. The molecule has 1 aromatic heterocycles. The molecule has 0 spiro atoms. The van der Waals surface area contributed by atoms with Crippen LogP contribution in [0, 0.1) is 0 Å². The van der Waals surface area contributed by atoms with Crippen molar-refractivity contribution in [1.29, 1.82) is 0 Å². The van der Waals surface area contributed by atoms with E-state index in [0.29, 0.717) is 19.4 Å². The number of methoxy groups -OCH3 is 2. The number of aromatic nitrogens is 1. The van der Waals surface area contributed by atoms with E-state index in [1.807, 2.05) is 30.3 Å². The minimum atomic E-state index is 0.0126. The Kier molecular flexibility index (Phi) is 5.77. The maximum atomic E-state index is 11.9. The monoisotopic (exact) mass is 300 g/mol. The second kappa shape index (κ2) is 8.02. The second-order valence-electron chi connectivity index (χ2n) is 4.85. The first-order valence-electron chi connectivity index (χ1n) is 7.09. The summed E-state index contributed by atoms with van der Waals surface area (Å²) in [4.78, 5) is 15.9. The summed E-state index contributed by atoms with van der Waals surface area (Å²) in [5.74, 6) is 1.47. The number of benzene rings is 1. The topological polar surface area (TPSA) is 60.5 Å². The van der Waals surface area contributed by atoms with Crippen LogP contribution in [0.5, 0.6) is 11.5 Å². The highest BCUT2D eigenvalue weighted by Crippen LogP contribution is 2.23. The van der Waals surface area contributed by atoms with Gasteiger partial charge in [0.25, 0.3) is 0 Å². The van der Waals surface area contributed by atoms with Gasteiger partial charge in [0.15, 0.2) is 0 Å². The molecule has 0 atom stereocenters. The van der Waals surface area contributed by atoms with Gasteiger partial charge in [-0.1, -0.05) is 0 Å². The van der Waals surface area contributed by atoms with Crippen molar-refractivity contribution in [1.82, 2.24) is 10.3 Å². The quantitative estimate of drug-likeness (QED) is 0.852. The molecule has 0 fully saturated rings. The molecule has 0 aliphatic heterocycles. The van der Waals surface area contributed by atoms with Gasteiger partial charge in [-0.15, -0.1) is 0 Å². The summed E-state index contributed by atoms with van der Waals surface area (Å²) in [7, 11) is 3.22. The molecule has 2 aromatic rings. The molecule has 2 rings (SSSR count). The van der Waals surface area contributed by atoms with Gasteiger partial charge in [-0.25, -0.2) is 0 Å². The van der Waals surface area contributed by atoms with Gasteiger partial charge in [-0.3, -0.25) is 9.78 Å². The van der Waals surface area contributed by atoms with Crippen molar-refractivity contribution in [3.63, 3.8) is 0 Å². The lowest BCUT2D eigenvalue weighted by Crippen LogP contribution is -2.22. The number of rotatable bonds is 7. The van der Waals surface area contributed by atoms with Crippen LogP contribution in [0.4, 0.5) is 0 Å². The average Bonchev–Trinajstić information content (AvgIpc) is 2.58. The first-order valence-corrected chi connectivity index (χ1v) is 7.09. The van der Waals surface area contributed by atoms with Crippen molar-refractivity contribution >= 4 is 5.91 Å². The number of carbonyl (C=O) groups excluding carboxylic acids is 1. The largest absolute Gasteiger partial charge is 0.497 e. The zero-order chi connectivity index (χ0) is 15.8. The maximum absolute atomic E-state index is 11.9. The molecule has 5 nitrogen and oxygen atoms in total. The zero-order valence-electron chi connectivity index (χ0n) is 12.8. The Hall–Kier alpha value is -2.56. The van der Waals surface area contributed by atoms with Crippen molar-refractivity contribution in [2.24, 2.45) is 0 Å². The van der Waals surface area contributed by atoms with Gasteiger partial charge in [-0.05, 0) is 41.8 Å². The van der Waals surface area contributed by atoms with Crippen LogP contribution in [0.15, 0.2) is 42.7 Å². The second-order valence-corrected chi connectivity index (χ2v) is 4.85. The summed E-state index contributed by atoms with van der Waals surface area (Å²) < 4.78 is 10.4. The lowest BCUT2D eigenvalue weighted by atomic mass is 10.1. The van der Waals surface area contributed by atoms with Crippen LogP contribution >= 0.6 is 0 Å². The van der Waals surface area contributed by atoms with Crippen LogP contribution in [0.3, 0.4) is 0 Å². The fourth-order valence-corrected chi connectivity index (χ4v) is 2.06. The van der Waals surface area contributed by atoms with E-state index in [9.17, 15) is 4.79 Å². The van der Waals surface area contributed by atoms with Gasteiger partial charge in [-0.2, -0.15) is 0 Å². The molecule has 0 aliphatic rings. The first kappa shape index (κ1) is 15.8. The highest BCUT2D eigenvalue weighted by molar-refractivity contribution is 5.76. The minimum absolute atomic E-state index is 0.0126. The van der Waals surface area contributed by atoms with Crippen LogP contribution in [0.2, 0.25) is 0 Å². The molecule has 0 bridgehead atoms. The van der Waals surface area contributed by atoms with Crippen molar-refractivity contribution < 1.29 is 14.3 Å². The molecule has 0 unspecified atom stereocenters. The predicted octanol–water partition coefficient (Wildman–Crippen LogP) is 2.35. The first-order chi connectivity index (χ1) is 10.7. The van der Waals surface area contributed by atoms with Crippen molar-refractivity contribution in [2.75, 3.05) is 14.2 Å². The lowest BCUT2D eigenvalue weighted by Gasteiger charge is -2.09. The summed E-state index contributed by atoms with van der Waals surface area (Å²) in [5.41, 5.74) is 2.04. The van der Waals surface area contributed by atoms with Crippen LogP contribution < -0.4 is 14.8 Å². The predicted molar refractivity (Wildman–Crippen MR) is 84.0 cm³/mol. The third-order valence-electron chi connectivity index (χ3n) is 3.29. The third kappa shape index (κ3) is 4.77. The third-order valence-corrected chi connectivity index (χ3v) is 3.29. The van der Waals surface area contributed by atoms with E-state index in [0.717, 1.165) is 22.6 Å². The molecule has 22 heavy (non-hydrogen) atoms. The normalized spacial score (nSPS) is 10.1. The summed E-state index contributed by atoms with van der Waals surface area (Å²) in [6, 6.07) is 9.41. The Morgan fingerprint density at radius 3 is 2.27 bits per heavy atom. The summed E-state index contributed by atoms with van der Waals surface area (Å²) >= 11 is 0. The van der Waals surface area contributed by atoms with Crippen LogP contribution in [0.1, 0.15) is 17.5 Å². The fraction of sp³-hybridized carbons (Fsp3) is 0.294. The Bertz CT molecular complexity index is 592. The molecule has 116 valence electrons. The lowest BCUT2D eigenvalue weighted by molar-refractivity contribution is -0.121. The minimum Gasteiger partial charge on any atom is -0.497 e. The standard InChI is InChI=1S/C17H20N2O3/c1-21-15-9-14(10-16(11-15)22-2)3-4-17(20)19-12-13-5-7-18-8-6-13/h5-11H,3-4,12H2,1-2H3,(H,19,20). The molecular formula is C17H20N2O3. The van der Waals surface area contributed by atoms with Gasteiger partial charge >= 0.3 is 0 Å². The SMILES string of the molecule is COc1cc(CCC(=O)NCc2ccncc2)cc(OC)c1. The van der Waals surface area contributed by atoms with Crippen molar-refractivity contribution in [2.45, 2.75) is 19.4 Å². The van der Waals surface area contributed by atoms with Crippen LogP contribution in [0.25, 0.3) is 0 Å². The van der Waals surface area contributed by atoms with E-state index in [-0.39, 0.29) is 5.91 Å². The van der Waals surface area contributed by atoms with Gasteiger partial charge in [0.1, 0.15) is 11.5 Å². The maximum Gasteiger partial charge on any atom is 0.220 e. The Morgan fingerprint density at radius 2 is 1.68 bits per heavy atom. The summed E-state index contributed by atoms with van der Waals surface area (Å²) in [5, 5.41) is 2.90. The molecule has 5 heteroatoms. The Morgan fingerprint density at radius 1 is 1.05 bits per heavy atom. The van der Waals surface area contributed by atoms with Gasteiger partial charge < -0.3 is 14.8 Å². The number of pyridine rings is 1. The summed E-state index contributed by atoms with van der Waals surface area (Å²) in [6.45, 7) is 0.517. The average molecular weight is 300 g/mol. The van der Waals surface area contributed by atoms with E-state index in [4.69, 9.17) is 9.47 Å². The fourth-order valence-electron chi connectivity index (χ4n) is 2.06. The number of aryl methyl sites for hydroxylation is 1. The molecule has 0 saturated heterocycles. The molecule has 1 aromatic carbocycles. The smallest absolute Gasteiger partial charge is 0.220 e. The highest BCUT2D eigenvalue weighted by atomic mass is 16.5. The molecule has 0 saturated carbocycles. The van der Waals surface area contributed by atoms with Crippen molar-refractivity contribution in [3.05, 3.63) is 53.9 Å². The van der Waals surface area contributed by atoms with Crippen molar-refractivity contribution in [3.8, 4) is 11.5 Å². The highest BCUT2D eigenvalue weighted by Gasteiger charge is 2.06.